The van der Waals surface area contributed by atoms with Crippen molar-refractivity contribution in [1.29, 1.82) is 0 Å². The van der Waals surface area contributed by atoms with E-state index in [1.807, 2.05) is 0 Å². The Kier molecular flexibility index (Phi) is 4.59. The van der Waals surface area contributed by atoms with Gasteiger partial charge in [-0.3, -0.25) is 9.59 Å². The maximum atomic E-state index is 13.2. The summed E-state index contributed by atoms with van der Waals surface area (Å²) in [6, 6.07) is 5.32. The molecule has 1 fully saturated rings. The van der Waals surface area contributed by atoms with Crippen LogP contribution in [0, 0.1) is 5.82 Å². The molecular weight excluding hydrogens is 297 g/mol. The molecule has 0 unspecified atom stereocenters. The summed E-state index contributed by atoms with van der Waals surface area (Å²) in [5.74, 6) is -0.630. The van der Waals surface area contributed by atoms with E-state index in [2.05, 4.69) is 10.3 Å². The predicted molar refractivity (Wildman–Crippen MR) is 80.5 cm³/mol. The first-order valence-electron chi connectivity index (χ1n) is 6.48. The van der Waals surface area contributed by atoms with Crippen molar-refractivity contribution >= 4 is 29.2 Å². The van der Waals surface area contributed by atoms with Crippen LogP contribution in [0.4, 0.5) is 4.39 Å². The van der Waals surface area contributed by atoms with Crippen LogP contribution in [0.5, 0.6) is 0 Å². The van der Waals surface area contributed by atoms with Crippen LogP contribution in [0.1, 0.15) is 10.4 Å². The molecule has 21 heavy (non-hydrogen) atoms. The average Bonchev–Trinajstić information content (AvgIpc) is 2.46. The van der Waals surface area contributed by atoms with Crippen LogP contribution >= 0.6 is 12.4 Å². The van der Waals surface area contributed by atoms with Crippen LogP contribution in [0.25, 0.3) is 10.9 Å². The van der Waals surface area contributed by atoms with Gasteiger partial charge in [-0.25, -0.2) is 4.39 Å². The number of rotatable bonds is 1. The number of nitrogens with zero attached hydrogens (tertiary/aromatic N) is 1. The fourth-order valence-electron chi connectivity index (χ4n) is 2.45. The SMILES string of the molecule is Cl.O=C(c1cc(=O)[nH]c2cc(F)ccc12)N1CCNCC1. The lowest BCUT2D eigenvalue weighted by molar-refractivity contribution is 0.0737. The maximum Gasteiger partial charge on any atom is 0.254 e. The number of hydrogen-bond donors (Lipinski definition) is 2. The van der Waals surface area contributed by atoms with Gasteiger partial charge >= 0.3 is 0 Å². The molecule has 1 amide bonds. The smallest absolute Gasteiger partial charge is 0.254 e. The minimum Gasteiger partial charge on any atom is -0.336 e. The highest BCUT2D eigenvalue weighted by Gasteiger charge is 2.20. The number of amides is 1. The van der Waals surface area contributed by atoms with E-state index in [1.165, 1.54) is 24.3 Å². The largest absolute Gasteiger partial charge is 0.336 e. The van der Waals surface area contributed by atoms with Gasteiger partial charge in [-0.05, 0) is 18.2 Å². The second-order valence-corrected chi connectivity index (χ2v) is 4.78. The molecule has 0 spiro atoms. The number of carbonyl (C=O) groups excluding carboxylic acids is 1. The summed E-state index contributed by atoms with van der Waals surface area (Å²) in [5.41, 5.74) is 0.267. The van der Waals surface area contributed by atoms with Crippen molar-refractivity contribution in [3.8, 4) is 0 Å². The second-order valence-electron chi connectivity index (χ2n) is 4.78. The minimum atomic E-state index is -0.445. The Morgan fingerprint density at radius 3 is 2.62 bits per heavy atom. The summed E-state index contributed by atoms with van der Waals surface area (Å²) in [6.07, 6.45) is 0. The van der Waals surface area contributed by atoms with Crippen LogP contribution < -0.4 is 10.9 Å². The highest BCUT2D eigenvalue weighted by molar-refractivity contribution is 6.06. The van der Waals surface area contributed by atoms with Gasteiger partial charge in [0.25, 0.3) is 5.91 Å². The zero-order valence-electron chi connectivity index (χ0n) is 11.2. The first-order chi connectivity index (χ1) is 9.65. The summed E-state index contributed by atoms with van der Waals surface area (Å²) in [6.45, 7) is 2.69. The third-order valence-corrected chi connectivity index (χ3v) is 3.44. The summed E-state index contributed by atoms with van der Waals surface area (Å²) in [4.78, 5) is 28.4. The molecule has 1 aromatic carbocycles. The van der Waals surface area contributed by atoms with Gasteiger partial charge in [0.05, 0.1) is 11.1 Å². The van der Waals surface area contributed by atoms with E-state index in [1.54, 1.807) is 4.90 Å². The van der Waals surface area contributed by atoms with E-state index in [0.717, 1.165) is 13.1 Å². The molecule has 1 saturated heterocycles. The molecule has 5 nitrogen and oxygen atoms in total. The number of carbonyl (C=O) groups is 1. The van der Waals surface area contributed by atoms with Gasteiger partial charge in [-0.15, -0.1) is 12.4 Å². The second kappa shape index (κ2) is 6.24. The Morgan fingerprint density at radius 2 is 1.90 bits per heavy atom. The standard InChI is InChI=1S/C14H14FN3O2.ClH/c15-9-1-2-10-11(8-13(19)17-12(10)7-9)14(20)18-5-3-16-4-6-18;/h1-2,7-8,16H,3-6H2,(H,17,19);1H. The first-order valence-corrected chi connectivity index (χ1v) is 6.48. The van der Waals surface area contributed by atoms with Gasteiger partial charge in [-0.1, -0.05) is 0 Å². The van der Waals surface area contributed by atoms with Gasteiger partial charge in [0.2, 0.25) is 5.56 Å². The van der Waals surface area contributed by atoms with Crippen LogP contribution in [-0.2, 0) is 0 Å². The van der Waals surface area contributed by atoms with Crippen LogP contribution in [-0.4, -0.2) is 42.0 Å². The molecule has 2 N–H and O–H groups in total. The third kappa shape index (κ3) is 3.06. The van der Waals surface area contributed by atoms with E-state index in [0.29, 0.717) is 29.6 Å². The highest BCUT2D eigenvalue weighted by atomic mass is 35.5. The van der Waals surface area contributed by atoms with E-state index < -0.39 is 11.4 Å². The van der Waals surface area contributed by atoms with Crippen LogP contribution in [0.3, 0.4) is 0 Å². The number of fused-ring (bicyclic) bond motifs is 1. The molecule has 2 heterocycles. The van der Waals surface area contributed by atoms with Gasteiger partial charge in [0.1, 0.15) is 5.82 Å². The molecule has 1 aliphatic rings. The lowest BCUT2D eigenvalue weighted by Crippen LogP contribution is -2.46. The fourth-order valence-corrected chi connectivity index (χ4v) is 2.45. The molecule has 1 aliphatic heterocycles. The lowest BCUT2D eigenvalue weighted by atomic mass is 10.1. The van der Waals surface area contributed by atoms with Gasteiger partial charge < -0.3 is 15.2 Å². The zero-order valence-corrected chi connectivity index (χ0v) is 12.0. The van der Waals surface area contributed by atoms with Crippen LogP contribution in [0.15, 0.2) is 29.1 Å². The van der Waals surface area contributed by atoms with E-state index in [9.17, 15) is 14.0 Å². The summed E-state index contributed by atoms with van der Waals surface area (Å²) in [5, 5.41) is 3.73. The monoisotopic (exact) mass is 311 g/mol. The topological polar surface area (TPSA) is 65.2 Å². The number of piperazine rings is 1. The maximum absolute atomic E-state index is 13.2. The molecule has 0 radical (unpaired) electrons. The fraction of sp³-hybridized carbons (Fsp3) is 0.286. The van der Waals surface area contributed by atoms with Crippen molar-refractivity contribution < 1.29 is 9.18 Å². The first kappa shape index (κ1) is 15.5. The van der Waals surface area contributed by atoms with E-state index in [-0.39, 0.29) is 18.3 Å². The number of pyridine rings is 1. The predicted octanol–water partition coefficient (Wildman–Crippen LogP) is 1.13. The quantitative estimate of drug-likeness (QED) is 0.830. The number of benzene rings is 1. The highest BCUT2D eigenvalue weighted by Crippen LogP contribution is 2.18. The van der Waals surface area contributed by atoms with Crippen molar-refractivity contribution in [1.82, 2.24) is 15.2 Å². The van der Waals surface area contributed by atoms with Crippen molar-refractivity contribution in [2.45, 2.75) is 0 Å². The van der Waals surface area contributed by atoms with Crippen molar-refractivity contribution in [2.75, 3.05) is 26.2 Å². The number of H-pyrrole nitrogens is 1. The van der Waals surface area contributed by atoms with E-state index >= 15 is 0 Å². The molecule has 112 valence electrons. The van der Waals surface area contributed by atoms with Gasteiger partial charge in [-0.2, -0.15) is 0 Å². The molecule has 0 aliphatic carbocycles. The molecule has 7 heteroatoms. The summed E-state index contributed by atoms with van der Waals surface area (Å²) < 4.78 is 13.2. The minimum absolute atomic E-state index is 0. The molecule has 2 aromatic rings. The number of hydrogen-bond acceptors (Lipinski definition) is 3. The molecule has 0 bridgehead atoms. The van der Waals surface area contributed by atoms with Gasteiger partial charge in [0, 0.05) is 37.6 Å². The molecular formula is C14H15ClFN3O2. The number of halogens is 2. The normalized spacial score (nSPS) is 14.8. The van der Waals surface area contributed by atoms with Crippen molar-refractivity contribution in [2.24, 2.45) is 0 Å². The lowest BCUT2D eigenvalue weighted by Gasteiger charge is -2.27. The Balaban J connectivity index is 0.00000161. The summed E-state index contributed by atoms with van der Waals surface area (Å²) in [7, 11) is 0. The molecule has 3 rings (SSSR count). The Hall–Kier alpha value is -1.92. The summed E-state index contributed by atoms with van der Waals surface area (Å²) >= 11 is 0. The van der Waals surface area contributed by atoms with E-state index in [4.69, 9.17) is 0 Å². The molecule has 0 atom stereocenters. The number of nitrogens with one attached hydrogen (secondary N) is 2. The molecule has 0 saturated carbocycles. The Bertz CT molecular complexity index is 726. The van der Waals surface area contributed by atoms with Crippen molar-refractivity contribution in [3.63, 3.8) is 0 Å². The zero-order chi connectivity index (χ0) is 14.1. The molecule has 1 aromatic heterocycles. The van der Waals surface area contributed by atoms with Crippen LogP contribution in [0.2, 0.25) is 0 Å². The average molecular weight is 312 g/mol. The van der Waals surface area contributed by atoms with Gasteiger partial charge in [0.15, 0.2) is 0 Å². The van der Waals surface area contributed by atoms with Crippen molar-refractivity contribution in [3.05, 3.63) is 46.0 Å². The number of aromatic amines is 1. The Labute approximate surface area is 126 Å². The third-order valence-electron chi connectivity index (χ3n) is 3.44. The Morgan fingerprint density at radius 1 is 1.19 bits per heavy atom. The number of aromatic nitrogens is 1.